The maximum atomic E-state index is 4.40. The molecule has 16 heavy (non-hydrogen) atoms. The number of hydrogen-bond donors (Lipinski definition) is 0. The summed E-state index contributed by atoms with van der Waals surface area (Å²) in [5, 5.41) is 4.40. The van der Waals surface area contributed by atoms with Crippen LogP contribution in [0.25, 0.3) is 0 Å². The van der Waals surface area contributed by atoms with Crippen molar-refractivity contribution in [2.75, 3.05) is 0 Å². The molecule has 0 N–H and O–H groups in total. The van der Waals surface area contributed by atoms with E-state index in [1.165, 1.54) is 35.8 Å². The molecular weight excluding hydrogens is 332 g/mol. The van der Waals surface area contributed by atoms with Gasteiger partial charge >= 0.3 is 0 Å². The van der Waals surface area contributed by atoms with E-state index in [0.29, 0.717) is 4.83 Å². The second kappa shape index (κ2) is 6.80. The zero-order valence-corrected chi connectivity index (χ0v) is 13.4. The summed E-state index contributed by atoms with van der Waals surface area (Å²) >= 11 is 7.32. The molecule has 1 atom stereocenters. The van der Waals surface area contributed by atoms with Crippen LogP contribution < -0.4 is 0 Å². The fourth-order valence-corrected chi connectivity index (χ4v) is 3.22. The molecule has 0 aliphatic rings. The lowest BCUT2D eigenvalue weighted by atomic mass is 10.1. The molecule has 0 aliphatic carbocycles. The monoisotopic (exact) mass is 350 g/mol. The summed E-state index contributed by atoms with van der Waals surface area (Å²) in [4.78, 5) is 0.672. The Hall–Kier alpha value is 0.170. The molecule has 0 saturated carbocycles. The van der Waals surface area contributed by atoms with Crippen LogP contribution >= 0.6 is 31.9 Å². The molecule has 1 unspecified atom stereocenters. The van der Waals surface area contributed by atoms with E-state index < -0.39 is 0 Å². The van der Waals surface area contributed by atoms with E-state index in [0.717, 1.165) is 12.1 Å². The molecule has 0 amide bonds. The van der Waals surface area contributed by atoms with E-state index in [-0.39, 0.29) is 0 Å². The Labute approximate surface area is 115 Å². The molecule has 0 aromatic carbocycles. The Morgan fingerprint density at radius 2 is 2.06 bits per heavy atom. The van der Waals surface area contributed by atoms with Gasteiger partial charge in [0.2, 0.25) is 0 Å². The Bertz CT molecular complexity index is 334. The maximum Gasteiger partial charge on any atom is 0.0738 e. The zero-order chi connectivity index (χ0) is 12.1. The fourth-order valence-electron chi connectivity index (χ4n) is 1.90. The zero-order valence-electron chi connectivity index (χ0n) is 10.3. The number of alkyl halides is 1. The summed E-state index contributed by atoms with van der Waals surface area (Å²) in [6.07, 6.45) is 6.08. The predicted octanol–water partition coefficient (Wildman–Crippen LogP) is 4.38. The number of nitrogens with zero attached hydrogens (tertiary/aromatic N) is 2. The van der Waals surface area contributed by atoms with Gasteiger partial charge in [-0.3, -0.25) is 4.68 Å². The molecule has 1 aromatic heterocycles. The van der Waals surface area contributed by atoms with Gasteiger partial charge in [-0.2, -0.15) is 5.10 Å². The lowest BCUT2D eigenvalue weighted by Crippen LogP contribution is -2.02. The number of aryl methyl sites for hydroxylation is 2. The van der Waals surface area contributed by atoms with Crippen LogP contribution in [0.4, 0.5) is 0 Å². The standard InChI is InChI=1S/C12H20Br2N2/c1-4-6-10(13)7-5-8-11-12(14)9(2)15-16(11)3/h10H,4-8H2,1-3H3. The van der Waals surface area contributed by atoms with Gasteiger partial charge in [-0.15, -0.1) is 0 Å². The van der Waals surface area contributed by atoms with Gasteiger partial charge in [-0.25, -0.2) is 0 Å². The van der Waals surface area contributed by atoms with E-state index in [4.69, 9.17) is 0 Å². The van der Waals surface area contributed by atoms with Crippen molar-refractivity contribution in [1.82, 2.24) is 9.78 Å². The Morgan fingerprint density at radius 1 is 1.38 bits per heavy atom. The number of halogens is 2. The van der Waals surface area contributed by atoms with Crippen molar-refractivity contribution in [2.45, 2.75) is 50.8 Å². The third kappa shape index (κ3) is 3.88. The number of aromatic nitrogens is 2. The Morgan fingerprint density at radius 3 is 2.56 bits per heavy atom. The largest absolute Gasteiger partial charge is 0.271 e. The first kappa shape index (κ1) is 14.2. The van der Waals surface area contributed by atoms with Crippen LogP contribution in [-0.4, -0.2) is 14.6 Å². The minimum absolute atomic E-state index is 0.672. The topological polar surface area (TPSA) is 17.8 Å². The number of hydrogen-bond acceptors (Lipinski definition) is 1. The third-order valence-corrected chi connectivity index (χ3v) is 4.74. The molecule has 2 nitrogen and oxygen atoms in total. The van der Waals surface area contributed by atoms with Crippen LogP contribution in [0, 0.1) is 6.92 Å². The first-order valence-electron chi connectivity index (χ1n) is 5.88. The highest BCUT2D eigenvalue weighted by Gasteiger charge is 2.11. The SMILES string of the molecule is CCCC(Br)CCCc1c(Br)c(C)nn1C. The molecule has 1 aromatic rings. The summed E-state index contributed by atoms with van der Waals surface area (Å²) in [5.74, 6) is 0. The highest BCUT2D eigenvalue weighted by Crippen LogP contribution is 2.23. The van der Waals surface area contributed by atoms with E-state index in [2.05, 4.69) is 43.9 Å². The van der Waals surface area contributed by atoms with Crippen LogP contribution in [0.2, 0.25) is 0 Å². The molecule has 4 heteroatoms. The van der Waals surface area contributed by atoms with Crippen molar-refractivity contribution < 1.29 is 0 Å². The van der Waals surface area contributed by atoms with Crippen molar-refractivity contribution >= 4 is 31.9 Å². The van der Waals surface area contributed by atoms with Crippen molar-refractivity contribution in [2.24, 2.45) is 7.05 Å². The van der Waals surface area contributed by atoms with Crippen LogP contribution in [-0.2, 0) is 13.5 Å². The van der Waals surface area contributed by atoms with Gasteiger partial charge in [0.25, 0.3) is 0 Å². The summed E-state index contributed by atoms with van der Waals surface area (Å²) in [6, 6.07) is 0. The Balaban J connectivity index is 2.43. The smallest absolute Gasteiger partial charge is 0.0738 e. The second-order valence-corrected chi connectivity index (χ2v) is 6.34. The van der Waals surface area contributed by atoms with E-state index >= 15 is 0 Å². The van der Waals surface area contributed by atoms with Crippen molar-refractivity contribution in [3.05, 3.63) is 15.9 Å². The molecule has 1 rings (SSSR count). The molecule has 0 fully saturated rings. The first-order chi connectivity index (χ1) is 7.56. The highest BCUT2D eigenvalue weighted by molar-refractivity contribution is 9.10. The van der Waals surface area contributed by atoms with Gasteiger partial charge in [-0.1, -0.05) is 29.3 Å². The molecular formula is C12H20Br2N2. The quantitative estimate of drug-likeness (QED) is 0.695. The van der Waals surface area contributed by atoms with Crippen LogP contribution in [0.15, 0.2) is 4.47 Å². The van der Waals surface area contributed by atoms with E-state index in [1.54, 1.807) is 0 Å². The van der Waals surface area contributed by atoms with Crippen LogP contribution in [0.5, 0.6) is 0 Å². The average Bonchev–Trinajstić information content (AvgIpc) is 2.45. The van der Waals surface area contributed by atoms with Crippen molar-refractivity contribution in [1.29, 1.82) is 0 Å². The summed E-state index contributed by atoms with van der Waals surface area (Å²) < 4.78 is 3.17. The highest BCUT2D eigenvalue weighted by atomic mass is 79.9. The van der Waals surface area contributed by atoms with Gasteiger partial charge < -0.3 is 0 Å². The molecule has 0 spiro atoms. The fraction of sp³-hybridized carbons (Fsp3) is 0.750. The third-order valence-electron chi connectivity index (χ3n) is 2.79. The van der Waals surface area contributed by atoms with Crippen LogP contribution in [0.1, 0.15) is 44.0 Å². The first-order valence-corrected chi connectivity index (χ1v) is 7.59. The maximum absolute atomic E-state index is 4.40. The minimum Gasteiger partial charge on any atom is -0.271 e. The molecule has 92 valence electrons. The predicted molar refractivity (Wildman–Crippen MR) is 76.2 cm³/mol. The second-order valence-electron chi connectivity index (χ2n) is 4.25. The van der Waals surface area contributed by atoms with Gasteiger partial charge in [0.15, 0.2) is 0 Å². The Kier molecular flexibility index (Phi) is 6.05. The normalized spacial score (nSPS) is 13.1. The van der Waals surface area contributed by atoms with Gasteiger partial charge in [0.05, 0.1) is 15.9 Å². The van der Waals surface area contributed by atoms with Gasteiger partial charge in [0, 0.05) is 11.9 Å². The summed E-state index contributed by atoms with van der Waals surface area (Å²) in [6.45, 7) is 4.27. The minimum atomic E-state index is 0.672. The molecule has 0 radical (unpaired) electrons. The summed E-state index contributed by atoms with van der Waals surface area (Å²) in [5.41, 5.74) is 2.40. The number of rotatable bonds is 6. The molecule has 0 saturated heterocycles. The van der Waals surface area contributed by atoms with Crippen molar-refractivity contribution in [3.63, 3.8) is 0 Å². The van der Waals surface area contributed by atoms with Crippen LogP contribution in [0.3, 0.4) is 0 Å². The lowest BCUT2D eigenvalue weighted by molar-refractivity contribution is 0.624. The van der Waals surface area contributed by atoms with Gasteiger partial charge in [0.1, 0.15) is 0 Å². The van der Waals surface area contributed by atoms with E-state index in [9.17, 15) is 0 Å². The molecule has 0 bridgehead atoms. The van der Waals surface area contributed by atoms with Gasteiger partial charge in [-0.05, 0) is 48.5 Å². The average molecular weight is 352 g/mol. The summed E-state index contributed by atoms with van der Waals surface area (Å²) in [7, 11) is 2.02. The van der Waals surface area contributed by atoms with E-state index in [1.807, 2.05) is 18.7 Å². The molecule has 1 heterocycles. The molecule has 0 aliphatic heterocycles. The lowest BCUT2D eigenvalue weighted by Gasteiger charge is -2.08. The van der Waals surface area contributed by atoms with Crippen molar-refractivity contribution in [3.8, 4) is 0 Å².